The van der Waals surface area contributed by atoms with Gasteiger partial charge in [0.1, 0.15) is 30.4 Å². The molecule has 0 radical (unpaired) electrons. The number of aromatic nitrogens is 1. The molecule has 0 bridgehead atoms. The topological polar surface area (TPSA) is 54.8 Å². The molecule has 0 spiro atoms. The standard InChI is InChI=1S/C31H23F2N3O3/c1-34-18-36(35-12-11-27(37)29(28(35)30(34)38)39-17-19-5-3-2-4-6-19)31-22(13-20-15-23(32)7-9-25(20)31)14-21-16-24(33)8-10-26(21)31/h2-13,15-16H,14,17-18H2,1H3. The van der Waals surface area contributed by atoms with Crippen LogP contribution in [0.2, 0.25) is 0 Å². The zero-order chi connectivity index (χ0) is 26.9. The largest absolute Gasteiger partial charge is 0.482 e. The highest BCUT2D eigenvalue weighted by Crippen LogP contribution is 2.55. The first-order chi connectivity index (χ1) is 18.9. The normalized spacial score (nSPS) is 18.8. The summed E-state index contributed by atoms with van der Waals surface area (Å²) in [6.07, 6.45) is 3.99. The van der Waals surface area contributed by atoms with Crippen molar-refractivity contribution in [2.75, 3.05) is 18.7 Å². The number of nitrogens with zero attached hydrogens (tertiary/aromatic N) is 3. The summed E-state index contributed by atoms with van der Waals surface area (Å²) in [7, 11) is 1.67. The second-order valence-corrected chi connectivity index (χ2v) is 10.1. The summed E-state index contributed by atoms with van der Waals surface area (Å²) in [5.41, 5.74) is 3.76. The van der Waals surface area contributed by atoms with E-state index in [0.29, 0.717) is 6.42 Å². The van der Waals surface area contributed by atoms with Crippen LogP contribution in [0.1, 0.15) is 38.3 Å². The fraction of sp³-hybridized carbons (Fsp3) is 0.161. The summed E-state index contributed by atoms with van der Waals surface area (Å²) in [6, 6.07) is 20.1. The second kappa shape index (κ2) is 8.39. The highest BCUT2D eigenvalue weighted by molar-refractivity contribution is 5.96. The molecule has 1 amide bonds. The summed E-state index contributed by atoms with van der Waals surface area (Å²) in [6.45, 7) is 0.280. The van der Waals surface area contributed by atoms with E-state index in [4.69, 9.17) is 4.74 Å². The SMILES string of the molecule is CN1CN(C23C(=Cc4cc(F)ccc42)Cc2cc(F)ccc23)n2ccc(=O)c(OCc3ccccc3)c2C1=O. The number of hydrogen-bond acceptors (Lipinski definition) is 4. The number of rotatable bonds is 4. The Bertz CT molecular complexity index is 1770. The Balaban J connectivity index is 1.45. The number of amides is 1. The fourth-order valence-electron chi connectivity index (χ4n) is 6.21. The molecule has 0 N–H and O–H groups in total. The van der Waals surface area contributed by atoms with Gasteiger partial charge in [0.2, 0.25) is 5.43 Å². The molecule has 39 heavy (non-hydrogen) atoms. The molecule has 0 saturated heterocycles. The van der Waals surface area contributed by atoms with Gasteiger partial charge in [-0.2, -0.15) is 0 Å². The highest BCUT2D eigenvalue weighted by Gasteiger charge is 2.55. The molecule has 3 aromatic carbocycles. The Morgan fingerprint density at radius 3 is 2.46 bits per heavy atom. The number of ether oxygens (including phenoxy) is 1. The molecule has 2 heterocycles. The molecule has 8 heteroatoms. The van der Waals surface area contributed by atoms with Gasteiger partial charge in [-0.3, -0.25) is 19.3 Å². The predicted octanol–water partition coefficient (Wildman–Crippen LogP) is 4.58. The number of pyridine rings is 1. The Labute approximate surface area is 223 Å². The maximum absolute atomic E-state index is 14.3. The minimum Gasteiger partial charge on any atom is -0.482 e. The molecule has 2 aliphatic carbocycles. The minimum absolute atomic E-state index is 0.0421. The van der Waals surface area contributed by atoms with Crippen LogP contribution < -0.4 is 15.2 Å². The van der Waals surface area contributed by atoms with Gasteiger partial charge in [0.05, 0.1) is 0 Å². The molecule has 1 atom stereocenters. The minimum atomic E-state index is -0.943. The lowest BCUT2D eigenvalue weighted by molar-refractivity contribution is 0.0712. The summed E-state index contributed by atoms with van der Waals surface area (Å²) in [5, 5.41) is 1.98. The van der Waals surface area contributed by atoms with E-state index in [1.54, 1.807) is 30.1 Å². The van der Waals surface area contributed by atoms with Gasteiger partial charge >= 0.3 is 0 Å². The van der Waals surface area contributed by atoms with E-state index in [0.717, 1.165) is 33.4 Å². The van der Waals surface area contributed by atoms with Crippen molar-refractivity contribution in [3.63, 3.8) is 0 Å². The quantitative estimate of drug-likeness (QED) is 0.393. The van der Waals surface area contributed by atoms with Crippen LogP contribution in [0.15, 0.2) is 89.4 Å². The smallest absolute Gasteiger partial charge is 0.277 e. The number of benzene rings is 3. The molecular weight excluding hydrogens is 500 g/mol. The lowest BCUT2D eigenvalue weighted by Gasteiger charge is -2.49. The molecule has 3 aliphatic rings. The van der Waals surface area contributed by atoms with Gasteiger partial charge in [-0.15, -0.1) is 0 Å². The summed E-state index contributed by atoms with van der Waals surface area (Å²) in [5.74, 6) is -1.09. The van der Waals surface area contributed by atoms with Crippen LogP contribution in [0.4, 0.5) is 8.78 Å². The van der Waals surface area contributed by atoms with E-state index >= 15 is 0 Å². The number of fused-ring (bicyclic) bond motifs is 6. The Hall–Kier alpha value is -4.72. The summed E-state index contributed by atoms with van der Waals surface area (Å²) < 4.78 is 36.3. The van der Waals surface area contributed by atoms with Crippen LogP contribution in [0.25, 0.3) is 6.08 Å². The summed E-state index contributed by atoms with van der Waals surface area (Å²) >= 11 is 0. The Kier molecular flexibility index (Phi) is 5.04. The van der Waals surface area contributed by atoms with Gasteiger partial charge in [0, 0.05) is 19.3 Å². The van der Waals surface area contributed by atoms with Crippen molar-refractivity contribution in [2.45, 2.75) is 18.6 Å². The predicted molar refractivity (Wildman–Crippen MR) is 142 cm³/mol. The van der Waals surface area contributed by atoms with Crippen LogP contribution >= 0.6 is 0 Å². The molecule has 1 aromatic heterocycles. The zero-order valence-electron chi connectivity index (χ0n) is 21.0. The maximum atomic E-state index is 14.3. The fourth-order valence-corrected chi connectivity index (χ4v) is 6.21. The van der Waals surface area contributed by atoms with Crippen LogP contribution in [-0.2, 0) is 18.6 Å². The van der Waals surface area contributed by atoms with Crippen molar-refractivity contribution in [1.29, 1.82) is 0 Å². The molecule has 1 unspecified atom stereocenters. The molecule has 7 rings (SSSR count). The first kappa shape index (κ1) is 23.4. The van der Waals surface area contributed by atoms with Crippen LogP contribution in [0, 0.1) is 11.6 Å². The van der Waals surface area contributed by atoms with Gasteiger partial charge in [-0.05, 0) is 64.1 Å². The second-order valence-electron chi connectivity index (χ2n) is 10.1. The Morgan fingerprint density at radius 2 is 1.67 bits per heavy atom. The van der Waals surface area contributed by atoms with Gasteiger partial charge in [0.25, 0.3) is 5.91 Å². The number of carbonyl (C=O) groups excluding carboxylic acids is 1. The molecule has 4 aromatic rings. The maximum Gasteiger partial charge on any atom is 0.277 e. The molecular formula is C31H23F2N3O3. The van der Waals surface area contributed by atoms with Crippen LogP contribution in [0.3, 0.4) is 0 Å². The van der Waals surface area contributed by atoms with E-state index in [-0.39, 0.29) is 42.3 Å². The third-order valence-electron chi connectivity index (χ3n) is 7.84. The van der Waals surface area contributed by atoms with Crippen LogP contribution in [0.5, 0.6) is 5.75 Å². The Morgan fingerprint density at radius 1 is 0.923 bits per heavy atom. The van der Waals surface area contributed by atoms with Crippen molar-refractivity contribution in [2.24, 2.45) is 0 Å². The first-order valence-corrected chi connectivity index (χ1v) is 12.6. The van der Waals surface area contributed by atoms with E-state index < -0.39 is 11.0 Å². The zero-order valence-corrected chi connectivity index (χ0v) is 21.0. The molecule has 6 nitrogen and oxygen atoms in total. The molecule has 0 saturated carbocycles. The average molecular weight is 524 g/mol. The number of hydrogen-bond donors (Lipinski definition) is 0. The van der Waals surface area contributed by atoms with E-state index in [2.05, 4.69) is 0 Å². The van der Waals surface area contributed by atoms with Crippen molar-refractivity contribution in [3.05, 3.63) is 140 Å². The van der Waals surface area contributed by atoms with Gasteiger partial charge < -0.3 is 9.64 Å². The monoisotopic (exact) mass is 523 g/mol. The number of halogens is 2. The highest BCUT2D eigenvalue weighted by atomic mass is 19.1. The average Bonchev–Trinajstić information content (AvgIpc) is 3.40. The van der Waals surface area contributed by atoms with Crippen molar-refractivity contribution >= 4 is 12.0 Å². The van der Waals surface area contributed by atoms with Gasteiger partial charge in [-0.1, -0.05) is 48.5 Å². The van der Waals surface area contributed by atoms with Crippen molar-refractivity contribution in [1.82, 2.24) is 9.58 Å². The first-order valence-electron chi connectivity index (χ1n) is 12.6. The molecule has 1 aliphatic heterocycles. The van der Waals surface area contributed by atoms with Crippen molar-refractivity contribution in [3.8, 4) is 5.75 Å². The van der Waals surface area contributed by atoms with Crippen LogP contribution in [-0.4, -0.2) is 29.2 Å². The van der Waals surface area contributed by atoms with Gasteiger partial charge in [0.15, 0.2) is 11.4 Å². The lowest BCUT2D eigenvalue weighted by Crippen LogP contribution is -2.61. The van der Waals surface area contributed by atoms with E-state index in [1.165, 1.54) is 35.2 Å². The molecule has 0 fully saturated rings. The molecule has 194 valence electrons. The van der Waals surface area contributed by atoms with Gasteiger partial charge in [-0.25, -0.2) is 8.78 Å². The van der Waals surface area contributed by atoms with E-state index in [1.807, 2.05) is 41.4 Å². The van der Waals surface area contributed by atoms with E-state index in [9.17, 15) is 18.4 Å². The lowest BCUT2D eigenvalue weighted by atomic mass is 9.83. The third-order valence-corrected chi connectivity index (χ3v) is 7.84. The third kappa shape index (κ3) is 3.30. The van der Waals surface area contributed by atoms with Crippen molar-refractivity contribution < 1.29 is 18.3 Å². The summed E-state index contributed by atoms with van der Waals surface area (Å²) in [4.78, 5) is 28.2. The number of carbonyl (C=O) groups is 1.